The highest BCUT2D eigenvalue weighted by atomic mass is 32.2. The van der Waals surface area contributed by atoms with Gasteiger partial charge in [-0.25, -0.2) is 0 Å². The Morgan fingerprint density at radius 3 is 2.65 bits per heavy atom. The minimum absolute atomic E-state index is 0.123. The number of nitrogens with zero attached hydrogens (tertiary/aromatic N) is 1. The smallest absolute Gasteiger partial charge is 0.304 e. The van der Waals surface area contributed by atoms with Crippen molar-refractivity contribution in [3.8, 4) is 0 Å². The zero-order valence-electron chi connectivity index (χ0n) is 11.2. The van der Waals surface area contributed by atoms with Crippen molar-refractivity contribution in [1.82, 2.24) is 5.32 Å². The van der Waals surface area contributed by atoms with Gasteiger partial charge >= 0.3 is 6.18 Å². The van der Waals surface area contributed by atoms with Crippen molar-refractivity contribution in [3.05, 3.63) is 0 Å². The van der Waals surface area contributed by atoms with Crippen LogP contribution in [-0.4, -0.2) is 28.5 Å². The standard InChI is InChI=1S/C13H17F3N2OS/c1-12(13(14,15)16)10(19)18-11(20-12)17-6-9-5-7-2-3-8(9)4-7/h7-9H,2-6H2,1H3,(H,17,18,19)/t7-,8?,9-,12?/m1/s1. The molecule has 1 heterocycles. The Bertz CT molecular complexity index is 465. The fourth-order valence-electron chi connectivity index (χ4n) is 3.54. The molecule has 1 saturated heterocycles. The van der Waals surface area contributed by atoms with Gasteiger partial charge in [-0.15, -0.1) is 0 Å². The molecule has 0 aromatic rings. The number of amides is 1. The van der Waals surface area contributed by atoms with Crippen molar-refractivity contribution in [2.45, 2.75) is 43.5 Å². The van der Waals surface area contributed by atoms with Crippen molar-refractivity contribution >= 4 is 22.8 Å². The van der Waals surface area contributed by atoms with E-state index in [4.69, 9.17) is 0 Å². The average Bonchev–Trinajstić information content (AvgIpc) is 3.01. The van der Waals surface area contributed by atoms with Gasteiger partial charge in [0, 0.05) is 6.54 Å². The third-order valence-electron chi connectivity index (χ3n) is 4.85. The number of nitrogens with one attached hydrogen (secondary N) is 1. The number of carbonyl (C=O) groups excluding carboxylic acids is 1. The molecule has 0 aromatic carbocycles. The van der Waals surface area contributed by atoms with E-state index in [-0.39, 0.29) is 5.17 Å². The summed E-state index contributed by atoms with van der Waals surface area (Å²) in [6.45, 7) is 1.45. The summed E-state index contributed by atoms with van der Waals surface area (Å²) in [5.74, 6) is 0.940. The van der Waals surface area contributed by atoms with Gasteiger partial charge in [-0.3, -0.25) is 9.79 Å². The molecule has 2 bridgehead atoms. The maximum atomic E-state index is 12.9. The molecule has 3 nitrogen and oxygen atoms in total. The van der Waals surface area contributed by atoms with E-state index in [1.54, 1.807) is 0 Å². The summed E-state index contributed by atoms with van der Waals surface area (Å²) >= 11 is 0.496. The summed E-state index contributed by atoms with van der Waals surface area (Å²) in [5, 5.41) is 2.40. The average molecular weight is 306 g/mol. The van der Waals surface area contributed by atoms with Crippen LogP contribution in [0.3, 0.4) is 0 Å². The zero-order chi connectivity index (χ0) is 14.5. The molecule has 4 atom stereocenters. The van der Waals surface area contributed by atoms with E-state index < -0.39 is 16.8 Å². The first-order valence-corrected chi connectivity index (χ1v) is 7.73. The maximum Gasteiger partial charge on any atom is 0.412 e. The third-order valence-corrected chi connectivity index (χ3v) is 6.10. The number of aliphatic imine (C=N–C) groups is 1. The van der Waals surface area contributed by atoms with Gasteiger partial charge in [0.1, 0.15) is 0 Å². The van der Waals surface area contributed by atoms with E-state index in [0.29, 0.717) is 30.1 Å². The molecule has 0 spiro atoms. The van der Waals surface area contributed by atoms with Crippen LogP contribution in [0.4, 0.5) is 13.2 Å². The molecule has 2 unspecified atom stereocenters. The first-order valence-electron chi connectivity index (χ1n) is 6.91. The minimum Gasteiger partial charge on any atom is -0.304 e. The molecular formula is C13H17F3N2OS. The van der Waals surface area contributed by atoms with Crippen molar-refractivity contribution in [3.63, 3.8) is 0 Å². The molecule has 0 aromatic heterocycles. The first-order chi connectivity index (χ1) is 9.29. The highest BCUT2D eigenvalue weighted by Gasteiger charge is 2.61. The summed E-state index contributed by atoms with van der Waals surface area (Å²) in [5.41, 5.74) is 0. The topological polar surface area (TPSA) is 41.5 Å². The van der Waals surface area contributed by atoms with Gasteiger partial charge in [0.25, 0.3) is 5.91 Å². The second-order valence-electron chi connectivity index (χ2n) is 6.17. The Hall–Kier alpha value is -0.720. The highest BCUT2D eigenvalue weighted by Crippen LogP contribution is 2.49. The zero-order valence-corrected chi connectivity index (χ0v) is 12.0. The lowest BCUT2D eigenvalue weighted by atomic mass is 9.89. The summed E-state index contributed by atoms with van der Waals surface area (Å²) in [6.07, 6.45) is 0.326. The van der Waals surface area contributed by atoms with E-state index in [1.807, 2.05) is 0 Å². The molecule has 3 fully saturated rings. The van der Waals surface area contributed by atoms with E-state index in [1.165, 1.54) is 19.3 Å². The van der Waals surface area contributed by atoms with Crippen molar-refractivity contribution in [2.75, 3.05) is 6.54 Å². The van der Waals surface area contributed by atoms with Crippen molar-refractivity contribution in [2.24, 2.45) is 22.7 Å². The molecule has 7 heteroatoms. The number of hydrogen-bond acceptors (Lipinski definition) is 3. The van der Waals surface area contributed by atoms with Crippen LogP contribution >= 0.6 is 11.8 Å². The Labute approximate surface area is 119 Å². The van der Waals surface area contributed by atoms with E-state index in [2.05, 4.69) is 10.3 Å². The van der Waals surface area contributed by atoms with Gasteiger partial charge in [0.05, 0.1) is 0 Å². The lowest BCUT2D eigenvalue weighted by molar-refractivity contribution is -0.166. The van der Waals surface area contributed by atoms with Crippen LogP contribution in [0.5, 0.6) is 0 Å². The molecule has 1 amide bonds. The monoisotopic (exact) mass is 306 g/mol. The van der Waals surface area contributed by atoms with Crippen molar-refractivity contribution < 1.29 is 18.0 Å². The Morgan fingerprint density at radius 1 is 1.40 bits per heavy atom. The molecule has 1 N–H and O–H groups in total. The molecular weight excluding hydrogens is 289 g/mol. The molecule has 112 valence electrons. The fourth-order valence-corrected chi connectivity index (χ4v) is 4.47. The summed E-state index contributed by atoms with van der Waals surface area (Å²) in [6, 6.07) is 0. The largest absolute Gasteiger partial charge is 0.412 e. The van der Waals surface area contributed by atoms with Gasteiger partial charge in [-0.05, 0) is 43.9 Å². The Morgan fingerprint density at radius 2 is 2.15 bits per heavy atom. The van der Waals surface area contributed by atoms with Crippen LogP contribution in [-0.2, 0) is 4.79 Å². The van der Waals surface area contributed by atoms with E-state index in [9.17, 15) is 18.0 Å². The SMILES string of the molecule is CC1(C(F)(F)F)SC(=NC[C@H]2C[C@@H]3CCC2C3)NC1=O. The number of amidine groups is 1. The molecule has 3 aliphatic rings. The lowest BCUT2D eigenvalue weighted by Crippen LogP contribution is -2.46. The molecule has 1 aliphatic heterocycles. The number of halogens is 3. The van der Waals surface area contributed by atoms with Gasteiger partial charge in [0.2, 0.25) is 0 Å². The summed E-state index contributed by atoms with van der Waals surface area (Å²) < 4.78 is 36.3. The van der Waals surface area contributed by atoms with Gasteiger partial charge in [-0.2, -0.15) is 13.2 Å². The van der Waals surface area contributed by atoms with Crippen LogP contribution in [0, 0.1) is 17.8 Å². The van der Waals surface area contributed by atoms with Crippen LogP contribution < -0.4 is 5.32 Å². The number of rotatable bonds is 2. The number of carbonyl (C=O) groups is 1. The van der Waals surface area contributed by atoms with Crippen LogP contribution in [0.25, 0.3) is 0 Å². The Kier molecular flexibility index (Phi) is 3.30. The molecule has 2 aliphatic carbocycles. The van der Waals surface area contributed by atoms with E-state index >= 15 is 0 Å². The molecule has 2 saturated carbocycles. The predicted octanol–water partition coefficient (Wildman–Crippen LogP) is 2.96. The van der Waals surface area contributed by atoms with Crippen molar-refractivity contribution in [1.29, 1.82) is 0 Å². The van der Waals surface area contributed by atoms with E-state index in [0.717, 1.165) is 19.3 Å². The van der Waals surface area contributed by atoms with Crippen LogP contribution in [0.1, 0.15) is 32.6 Å². The lowest BCUT2D eigenvalue weighted by Gasteiger charge is -2.22. The van der Waals surface area contributed by atoms with Gasteiger partial charge in [0.15, 0.2) is 9.91 Å². The first kappa shape index (κ1) is 14.2. The van der Waals surface area contributed by atoms with Gasteiger partial charge < -0.3 is 5.32 Å². The molecule has 3 rings (SSSR count). The highest BCUT2D eigenvalue weighted by molar-refractivity contribution is 8.16. The predicted molar refractivity (Wildman–Crippen MR) is 71.4 cm³/mol. The van der Waals surface area contributed by atoms with Crippen LogP contribution in [0.15, 0.2) is 4.99 Å². The third kappa shape index (κ3) is 2.23. The summed E-state index contributed by atoms with van der Waals surface area (Å²) in [4.78, 5) is 15.8. The normalized spacial score (nSPS) is 42.5. The number of thioether (sulfide) groups is 1. The summed E-state index contributed by atoms with van der Waals surface area (Å²) in [7, 11) is 0. The second kappa shape index (κ2) is 4.64. The fraction of sp³-hybridized carbons (Fsp3) is 0.846. The second-order valence-corrected chi connectivity index (χ2v) is 7.58. The number of hydrogen-bond donors (Lipinski definition) is 1. The number of alkyl halides is 3. The Balaban J connectivity index is 1.65. The minimum atomic E-state index is -4.56. The molecule has 0 radical (unpaired) electrons. The number of fused-ring (bicyclic) bond motifs is 2. The van der Waals surface area contributed by atoms with Gasteiger partial charge in [-0.1, -0.05) is 18.2 Å². The quantitative estimate of drug-likeness (QED) is 0.852. The molecule has 20 heavy (non-hydrogen) atoms. The van der Waals surface area contributed by atoms with Crippen LogP contribution in [0.2, 0.25) is 0 Å². The maximum absolute atomic E-state index is 12.9.